The minimum absolute atomic E-state index is 0.000259. The molecule has 0 N–H and O–H groups in total. The van der Waals surface area contributed by atoms with Gasteiger partial charge in [0.2, 0.25) is 0 Å². The van der Waals surface area contributed by atoms with Crippen molar-refractivity contribution < 1.29 is 18.9 Å². The highest BCUT2D eigenvalue weighted by atomic mass is 16.7. The molecule has 2 heterocycles. The molecule has 0 unspecified atom stereocenters. The van der Waals surface area contributed by atoms with E-state index in [9.17, 15) is 0 Å². The first-order valence-corrected chi connectivity index (χ1v) is 10.8. The molecule has 2 aliphatic heterocycles. The van der Waals surface area contributed by atoms with E-state index in [0.717, 1.165) is 19.1 Å². The Morgan fingerprint density at radius 3 is 1.80 bits per heavy atom. The van der Waals surface area contributed by atoms with Crippen LogP contribution in [0.3, 0.4) is 0 Å². The average molecular weight is 355 g/mol. The molecule has 0 atom stereocenters. The van der Waals surface area contributed by atoms with Gasteiger partial charge in [-0.05, 0) is 38.0 Å². The van der Waals surface area contributed by atoms with Gasteiger partial charge in [0.15, 0.2) is 12.6 Å². The molecule has 4 nitrogen and oxygen atoms in total. The molecule has 0 aromatic rings. The minimum Gasteiger partial charge on any atom is -0.352 e. The molecule has 0 radical (unpaired) electrons. The fourth-order valence-electron chi connectivity index (χ4n) is 4.61. The molecule has 3 aliphatic rings. The Morgan fingerprint density at radius 2 is 1.20 bits per heavy atom. The van der Waals surface area contributed by atoms with Crippen molar-refractivity contribution >= 4 is 0 Å². The van der Waals surface area contributed by atoms with E-state index in [2.05, 4.69) is 13.8 Å². The van der Waals surface area contributed by atoms with Crippen molar-refractivity contribution in [3.05, 3.63) is 0 Å². The van der Waals surface area contributed by atoms with Crippen LogP contribution in [0.15, 0.2) is 0 Å². The Morgan fingerprint density at radius 1 is 0.600 bits per heavy atom. The Bertz CT molecular complexity index is 351. The summed E-state index contributed by atoms with van der Waals surface area (Å²) >= 11 is 0. The van der Waals surface area contributed by atoms with E-state index < -0.39 is 0 Å². The van der Waals surface area contributed by atoms with E-state index in [1.165, 1.54) is 57.8 Å². The van der Waals surface area contributed by atoms with Crippen LogP contribution in [0.2, 0.25) is 0 Å². The van der Waals surface area contributed by atoms with Crippen LogP contribution >= 0.6 is 0 Å². The van der Waals surface area contributed by atoms with Crippen LogP contribution in [0.4, 0.5) is 0 Å². The lowest BCUT2D eigenvalue weighted by Crippen LogP contribution is -2.46. The summed E-state index contributed by atoms with van der Waals surface area (Å²) in [6.45, 7) is 7.60. The zero-order valence-electron chi connectivity index (χ0n) is 16.3. The van der Waals surface area contributed by atoms with Gasteiger partial charge in [-0.25, -0.2) is 0 Å². The van der Waals surface area contributed by atoms with E-state index in [-0.39, 0.29) is 18.5 Å². The topological polar surface area (TPSA) is 36.9 Å². The number of unbranched alkanes of at least 4 members (excludes halogenated alkanes) is 1. The second kappa shape index (κ2) is 10.2. The normalized spacial score (nSPS) is 40.1. The molecule has 3 fully saturated rings. The predicted octanol–water partition coefficient (Wildman–Crippen LogP) is 4.76. The van der Waals surface area contributed by atoms with Gasteiger partial charge in [-0.2, -0.15) is 0 Å². The van der Waals surface area contributed by atoms with E-state index >= 15 is 0 Å². The van der Waals surface area contributed by atoms with Crippen LogP contribution in [0.25, 0.3) is 0 Å². The highest BCUT2D eigenvalue weighted by Gasteiger charge is 2.37. The van der Waals surface area contributed by atoms with Crippen LogP contribution < -0.4 is 0 Å². The minimum atomic E-state index is -0.140. The first-order valence-electron chi connectivity index (χ1n) is 10.8. The van der Waals surface area contributed by atoms with Crippen molar-refractivity contribution in [3.63, 3.8) is 0 Å². The lowest BCUT2D eigenvalue weighted by atomic mass is 9.79. The average Bonchev–Trinajstić information content (AvgIpc) is 2.68. The summed E-state index contributed by atoms with van der Waals surface area (Å²) in [6, 6.07) is 0. The molecule has 146 valence electrons. The van der Waals surface area contributed by atoms with E-state index in [1.807, 2.05) is 0 Å². The summed E-state index contributed by atoms with van der Waals surface area (Å²) in [7, 11) is 0. The summed E-state index contributed by atoms with van der Waals surface area (Å²) in [5, 5.41) is 0. The van der Waals surface area contributed by atoms with Crippen molar-refractivity contribution in [2.75, 3.05) is 26.4 Å². The SMILES string of the molecule is CCCCC1COC(C2COC(C3CCC(CCC)CC3)OC2)OC1. The Kier molecular flexibility index (Phi) is 8.03. The quantitative estimate of drug-likeness (QED) is 0.660. The zero-order chi connectivity index (χ0) is 17.5. The van der Waals surface area contributed by atoms with Crippen LogP contribution in [0.5, 0.6) is 0 Å². The van der Waals surface area contributed by atoms with Gasteiger partial charge in [0.25, 0.3) is 0 Å². The maximum Gasteiger partial charge on any atom is 0.164 e. The van der Waals surface area contributed by atoms with Gasteiger partial charge in [0.05, 0.1) is 32.3 Å². The maximum atomic E-state index is 6.09. The van der Waals surface area contributed by atoms with Gasteiger partial charge in [-0.1, -0.05) is 39.5 Å². The Labute approximate surface area is 153 Å². The molecule has 0 spiro atoms. The third-order valence-corrected chi connectivity index (χ3v) is 6.27. The summed E-state index contributed by atoms with van der Waals surface area (Å²) < 4.78 is 24.1. The van der Waals surface area contributed by atoms with E-state index in [4.69, 9.17) is 18.9 Å². The lowest BCUT2D eigenvalue weighted by Gasteiger charge is -2.40. The van der Waals surface area contributed by atoms with Gasteiger partial charge in [0.1, 0.15) is 0 Å². The summed E-state index contributed by atoms with van der Waals surface area (Å²) in [4.78, 5) is 0. The lowest BCUT2D eigenvalue weighted by molar-refractivity contribution is -0.291. The smallest absolute Gasteiger partial charge is 0.164 e. The van der Waals surface area contributed by atoms with Crippen LogP contribution in [0, 0.1) is 23.7 Å². The fourth-order valence-corrected chi connectivity index (χ4v) is 4.61. The second-order valence-electron chi connectivity index (χ2n) is 8.41. The van der Waals surface area contributed by atoms with Crippen LogP contribution in [-0.4, -0.2) is 39.0 Å². The molecule has 1 aliphatic carbocycles. The number of hydrogen-bond donors (Lipinski definition) is 0. The molecule has 3 rings (SSSR count). The first kappa shape index (κ1) is 19.6. The van der Waals surface area contributed by atoms with Crippen molar-refractivity contribution in [1.82, 2.24) is 0 Å². The van der Waals surface area contributed by atoms with Crippen LogP contribution in [0.1, 0.15) is 71.6 Å². The van der Waals surface area contributed by atoms with Gasteiger partial charge >= 0.3 is 0 Å². The number of ether oxygens (including phenoxy) is 4. The Balaban J connectivity index is 1.34. The first-order chi connectivity index (χ1) is 12.3. The van der Waals surface area contributed by atoms with Crippen molar-refractivity contribution in [1.29, 1.82) is 0 Å². The highest BCUT2D eigenvalue weighted by molar-refractivity contribution is 4.78. The number of hydrogen-bond acceptors (Lipinski definition) is 4. The molecular weight excluding hydrogens is 316 g/mol. The standard InChI is InChI=1S/C21H38O4/c1-3-5-7-17-12-22-21(23-13-17)19-14-24-20(25-15-19)18-10-8-16(6-4-2)9-11-18/h16-21H,3-15H2,1-2H3. The number of rotatable bonds is 7. The summed E-state index contributed by atoms with van der Waals surface area (Å²) in [6.07, 6.45) is 11.5. The van der Waals surface area contributed by atoms with Gasteiger partial charge in [-0.15, -0.1) is 0 Å². The fraction of sp³-hybridized carbons (Fsp3) is 1.00. The predicted molar refractivity (Wildman–Crippen MR) is 98.2 cm³/mol. The van der Waals surface area contributed by atoms with Gasteiger partial charge < -0.3 is 18.9 Å². The molecule has 1 saturated carbocycles. The second-order valence-corrected chi connectivity index (χ2v) is 8.41. The summed E-state index contributed by atoms with van der Waals surface area (Å²) in [5.41, 5.74) is 0. The Hall–Kier alpha value is -0.160. The van der Waals surface area contributed by atoms with E-state index in [1.54, 1.807) is 0 Å². The largest absolute Gasteiger partial charge is 0.352 e. The van der Waals surface area contributed by atoms with Crippen molar-refractivity contribution in [3.8, 4) is 0 Å². The van der Waals surface area contributed by atoms with Crippen molar-refractivity contribution in [2.45, 2.75) is 84.2 Å². The van der Waals surface area contributed by atoms with E-state index in [0.29, 0.717) is 25.0 Å². The third-order valence-electron chi connectivity index (χ3n) is 6.27. The maximum absolute atomic E-state index is 6.09. The molecule has 2 saturated heterocycles. The highest BCUT2D eigenvalue weighted by Crippen LogP contribution is 2.36. The molecular formula is C21H38O4. The van der Waals surface area contributed by atoms with Crippen molar-refractivity contribution in [2.24, 2.45) is 23.7 Å². The monoisotopic (exact) mass is 354 g/mol. The molecule has 0 aromatic carbocycles. The molecule has 0 amide bonds. The van der Waals surface area contributed by atoms with Gasteiger partial charge in [0, 0.05) is 11.8 Å². The molecule has 25 heavy (non-hydrogen) atoms. The van der Waals surface area contributed by atoms with Gasteiger partial charge in [-0.3, -0.25) is 0 Å². The summed E-state index contributed by atoms with van der Waals surface area (Å²) in [5.74, 6) is 2.30. The molecule has 0 bridgehead atoms. The third kappa shape index (κ3) is 5.66. The molecule has 0 aromatic heterocycles. The molecule has 4 heteroatoms. The zero-order valence-corrected chi connectivity index (χ0v) is 16.3. The van der Waals surface area contributed by atoms with Crippen LogP contribution in [-0.2, 0) is 18.9 Å².